The summed E-state index contributed by atoms with van der Waals surface area (Å²) in [5.74, 6) is 0.651. The molecule has 1 aliphatic heterocycles. The minimum atomic E-state index is -0.0218. The number of thiophene rings is 1. The molecule has 29 heavy (non-hydrogen) atoms. The summed E-state index contributed by atoms with van der Waals surface area (Å²) in [6.45, 7) is 2.66. The lowest BCUT2D eigenvalue weighted by atomic mass is 10.2. The van der Waals surface area contributed by atoms with E-state index in [-0.39, 0.29) is 42.5 Å². The smallest absolute Gasteiger partial charge is 0.243 e. The molecule has 1 unspecified atom stereocenters. The van der Waals surface area contributed by atoms with Gasteiger partial charge in [-0.15, -0.1) is 35.3 Å². The average Bonchev–Trinajstić information content (AvgIpc) is 3.36. The summed E-state index contributed by atoms with van der Waals surface area (Å²) >= 11 is 7.69. The maximum Gasteiger partial charge on any atom is 0.243 e. The van der Waals surface area contributed by atoms with E-state index in [1.807, 2.05) is 30.3 Å². The van der Waals surface area contributed by atoms with E-state index in [4.69, 9.17) is 11.6 Å². The topological polar surface area (TPSA) is 60.0 Å². The molecule has 1 amide bonds. The first-order valence-corrected chi connectivity index (χ1v) is 10.5. The van der Waals surface area contributed by atoms with Crippen molar-refractivity contribution in [1.82, 2.24) is 15.5 Å². The number of benzene rings is 1. The lowest BCUT2D eigenvalue weighted by molar-refractivity contribution is -0.127. The Morgan fingerprint density at radius 2 is 2.07 bits per heavy atom. The van der Waals surface area contributed by atoms with Crippen molar-refractivity contribution >= 4 is 64.5 Å². The van der Waals surface area contributed by atoms with Gasteiger partial charge in [-0.05, 0) is 42.1 Å². The highest BCUT2D eigenvalue weighted by atomic mass is 127. The van der Waals surface area contributed by atoms with Crippen molar-refractivity contribution in [3.63, 3.8) is 0 Å². The number of aliphatic imine (C=N–C) groups is 1. The van der Waals surface area contributed by atoms with E-state index in [1.165, 1.54) is 10.6 Å². The van der Waals surface area contributed by atoms with Gasteiger partial charge in [0.2, 0.25) is 5.91 Å². The Hall–Kier alpha value is -1.52. The van der Waals surface area contributed by atoms with E-state index in [9.17, 15) is 4.79 Å². The van der Waals surface area contributed by atoms with Crippen LogP contribution in [0.25, 0.3) is 0 Å². The standard InChI is InChI=1S/C20H26ClN5OS.HI/c1-25(2)19(27)13-23-20(22-12-18-4-3-11-28-18)24-16-9-10-26(14-16)17-7-5-15(21)6-8-17;/h3-8,11,16H,9-10,12-14H2,1-2H3,(H2,22,23,24);1H. The number of hydrogen-bond donors (Lipinski definition) is 2. The van der Waals surface area contributed by atoms with Gasteiger partial charge in [-0.1, -0.05) is 17.7 Å². The summed E-state index contributed by atoms with van der Waals surface area (Å²) in [7, 11) is 3.48. The molecule has 1 fully saturated rings. The Morgan fingerprint density at radius 1 is 1.31 bits per heavy atom. The van der Waals surface area contributed by atoms with Crippen LogP contribution in [0.3, 0.4) is 0 Å². The van der Waals surface area contributed by atoms with Crippen molar-refractivity contribution in [3.8, 4) is 0 Å². The number of nitrogens with one attached hydrogen (secondary N) is 2. The summed E-state index contributed by atoms with van der Waals surface area (Å²) in [6.07, 6.45) is 1.00. The molecule has 9 heteroatoms. The fourth-order valence-electron chi connectivity index (χ4n) is 2.98. The van der Waals surface area contributed by atoms with Gasteiger partial charge in [0.05, 0.1) is 6.54 Å². The van der Waals surface area contributed by atoms with Gasteiger partial charge in [0, 0.05) is 48.8 Å². The van der Waals surface area contributed by atoms with Gasteiger partial charge in [0.25, 0.3) is 0 Å². The number of hydrogen-bond acceptors (Lipinski definition) is 4. The molecule has 2 N–H and O–H groups in total. The first-order chi connectivity index (χ1) is 13.5. The van der Waals surface area contributed by atoms with Crippen molar-refractivity contribution in [3.05, 3.63) is 51.7 Å². The van der Waals surface area contributed by atoms with Gasteiger partial charge in [-0.2, -0.15) is 0 Å². The van der Waals surface area contributed by atoms with Gasteiger partial charge < -0.3 is 20.4 Å². The third-order valence-corrected chi connectivity index (χ3v) is 5.73. The van der Waals surface area contributed by atoms with Gasteiger partial charge >= 0.3 is 0 Å². The number of guanidine groups is 1. The van der Waals surface area contributed by atoms with Gasteiger partial charge in [0.15, 0.2) is 5.96 Å². The SMILES string of the molecule is CN(C)C(=O)CN=C(NCc1cccs1)NC1CCN(c2ccc(Cl)cc2)C1.I. The zero-order valence-electron chi connectivity index (χ0n) is 16.6. The summed E-state index contributed by atoms with van der Waals surface area (Å²) < 4.78 is 0. The minimum absolute atomic E-state index is 0. The first kappa shape index (κ1) is 23.8. The van der Waals surface area contributed by atoms with Crippen LogP contribution in [0.5, 0.6) is 0 Å². The highest BCUT2D eigenvalue weighted by Crippen LogP contribution is 2.22. The number of anilines is 1. The van der Waals surface area contributed by atoms with Gasteiger partial charge in [-0.3, -0.25) is 4.79 Å². The van der Waals surface area contributed by atoms with Crippen molar-refractivity contribution in [1.29, 1.82) is 0 Å². The summed E-state index contributed by atoms with van der Waals surface area (Å²) in [5.41, 5.74) is 1.17. The molecular formula is C20H27ClIN5OS. The zero-order valence-corrected chi connectivity index (χ0v) is 20.5. The van der Waals surface area contributed by atoms with E-state index in [0.717, 1.165) is 24.5 Å². The van der Waals surface area contributed by atoms with Gasteiger partial charge in [-0.25, -0.2) is 4.99 Å². The number of carbonyl (C=O) groups is 1. The number of halogens is 2. The first-order valence-electron chi connectivity index (χ1n) is 9.29. The number of rotatable bonds is 6. The van der Waals surface area contributed by atoms with Gasteiger partial charge in [0.1, 0.15) is 6.54 Å². The van der Waals surface area contributed by atoms with Crippen LogP contribution < -0.4 is 15.5 Å². The lowest BCUT2D eigenvalue weighted by Crippen LogP contribution is -2.45. The number of amides is 1. The maximum atomic E-state index is 11.9. The van der Waals surface area contributed by atoms with Crippen LogP contribution in [-0.4, -0.2) is 56.5 Å². The lowest BCUT2D eigenvalue weighted by Gasteiger charge is -2.21. The molecule has 158 valence electrons. The maximum absolute atomic E-state index is 11.9. The molecule has 1 aromatic carbocycles. The van der Waals surface area contributed by atoms with E-state index < -0.39 is 0 Å². The van der Waals surface area contributed by atoms with E-state index in [1.54, 1.807) is 30.3 Å². The summed E-state index contributed by atoms with van der Waals surface area (Å²) in [6, 6.07) is 12.3. The fraction of sp³-hybridized carbons (Fsp3) is 0.400. The third-order valence-electron chi connectivity index (χ3n) is 4.60. The second kappa shape index (κ2) is 11.6. The average molecular weight is 548 g/mol. The van der Waals surface area contributed by atoms with Crippen molar-refractivity contribution < 1.29 is 4.79 Å². The molecule has 0 radical (unpaired) electrons. The zero-order chi connectivity index (χ0) is 19.9. The Labute approximate surface area is 198 Å². The van der Waals surface area contributed by atoms with Crippen molar-refractivity contribution in [2.45, 2.75) is 19.0 Å². The van der Waals surface area contributed by atoms with Crippen molar-refractivity contribution in [2.75, 3.05) is 38.6 Å². The summed E-state index contributed by atoms with van der Waals surface area (Å²) in [4.78, 5) is 21.5. The minimum Gasteiger partial charge on any atom is -0.369 e. The van der Waals surface area contributed by atoms with Crippen molar-refractivity contribution in [2.24, 2.45) is 4.99 Å². The molecule has 0 bridgehead atoms. The quantitative estimate of drug-likeness (QED) is 0.331. The van der Waals surface area contributed by atoms with Crippen LogP contribution in [-0.2, 0) is 11.3 Å². The van der Waals surface area contributed by atoms with Crippen LogP contribution >= 0.6 is 46.9 Å². The number of carbonyl (C=O) groups excluding carboxylic acids is 1. The Balaban J connectivity index is 0.00000300. The molecule has 2 heterocycles. The van der Waals surface area contributed by atoms with Crippen LogP contribution in [0.15, 0.2) is 46.8 Å². The normalized spacial score (nSPS) is 16.3. The highest BCUT2D eigenvalue weighted by molar-refractivity contribution is 14.0. The molecule has 1 aromatic heterocycles. The summed E-state index contributed by atoms with van der Waals surface area (Å²) in [5, 5.41) is 9.64. The Bertz CT molecular complexity index is 798. The molecule has 1 aliphatic rings. The number of likely N-dealkylation sites (N-methyl/N-ethyl adjacent to an activating group) is 1. The third kappa shape index (κ3) is 7.35. The van der Waals surface area contributed by atoms with Crippen LogP contribution in [0.2, 0.25) is 5.02 Å². The largest absolute Gasteiger partial charge is 0.369 e. The number of nitrogens with zero attached hydrogens (tertiary/aromatic N) is 3. The molecule has 2 aromatic rings. The highest BCUT2D eigenvalue weighted by Gasteiger charge is 2.23. The Morgan fingerprint density at radius 3 is 2.72 bits per heavy atom. The fourth-order valence-corrected chi connectivity index (χ4v) is 3.75. The van der Waals surface area contributed by atoms with Crippen LogP contribution in [0, 0.1) is 0 Å². The van der Waals surface area contributed by atoms with E-state index in [2.05, 4.69) is 32.0 Å². The second-order valence-corrected chi connectivity index (χ2v) is 8.41. The van der Waals surface area contributed by atoms with E-state index in [0.29, 0.717) is 12.5 Å². The molecule has 1 atom stereocenters. The van der Waals surface area contributed by atoms with Crippen LogP contribution in [0.4, 0.5) is 5.69 Å². The molecule has 6 nitrogen and oxygen atoms in total. The Kier molecular flexibility index (Phi) is 9.51. The van der Waals surface area contributed by atoms with Crippen LogP contribution in [0.1, 0.15) is 11.3 Å². The van der Waals surface area contributed by atoms with E-state index >= 15 is 0 Å². The molecule has 0 saturated carbocycles. The predicted octanol–water partition coefficient (Wildman–Crippen LogP) is 3.42. The second-order valence-electron chi connectivity index (χ2n) is 6.94. The molecular weight excluding hydrogens is 521 g/mol. The monoisotopic (exact) mass is 547 g/mol. The molecule has 0 spiro atoms. The predicted molar refractivity (Wildman–Crippen MR) is 133 cm³/mol. The molecule has 3 rings (SSSR count). The molecule has 1 saturated heterocycles. The molecule has 0 aliphatic carbocycles.